The molecule has 2 rings (SSSR count). The number of benzene rings is 2. The number of hydrogen-bond acceptors (Lipinski definition) is 4. The minimum atomic E-state index is -0.464. The van der Waals surface area contributed by atoms with Crippen LogP contribution in [0.1, 0.15) is 17.5 Å². The number of nitrogens with one attached hydrogen (secondary N) is 2. The van der Waals surface area contributed by atoms with Gasteiger partial charge in [0.25, 0.3) is 0 Å². The maximum absolute atomic E-state index is 12.1. The van der Waals surface area contributed by atoms with Gasteiger partial charge in [-0.05, 0) is 12.5 Å². The molecule has 0 saturated heterocycles. The molecule has 138 valence electrons. The van der Waals surface area contributed by atoms with Crippen LogP contribution >= 0.6 is 11.6 Å². The van der Waals surface area contributed by atoms with Crippen molar-refractivity contribution in [2.75, 3.05) is 19.5 Å². The molecule has 0 unspecified atom stereocenters. The number of aryl methyl sites for hydroxylation is 1. The van der Waals surface area contributed by atoms with Gasteiger partial charge >= 0.3 is 0 Å². The summed E-state index contributed by atoms with van der Waals surface area (Å²) in [5.41, 5.74) is 2.46. The molecule has 0 aromatic heterocycles. The summed E-state index contributed by atoms with van der Waals surface area (Å²) in [5.74, 6) is -0.0608. The third-order valence-electron chi connectivity index (χ3n) is 3.64. The normalized spacial score (nSPS) is 10.2. The molecule has 0 spiro atoms. The Bertz CT molecular complexity index is 808. The van der Waals surface area contributed by atoms with Gasteiger partial charge in [-0.1, -0.05) is 41.4 Å². The van der Waals surface area contributed by atoms with Crippen molar-refractivity contribution >= 4 is 29.1 Å². The van der Waals surface area contributed by atoms with E-state index in [1.807, 2.05) is 31.2 Å². The van der Waals surface area contributed by atoms with Crippen molar-refractivity contribution in [1.82, 2.24) is 5.32 Å². The van der Waals surface area contributed by atoms with E-state index >= 15 is 0 Å². The zero-order valence-corrected chi connectivity index (χ0v) is 15.6. The number of anilines is 1. The third kappa shape index (κ3) is 5.39. The average Bonchev–Trinajstić information content (AvgIpc) is 2.61. The number of methoxy groups -OCH3 is 2. The van der Waals surface area contributed by atoms with Crippen molar-refractivity contribution in [3.05, 3.63) is 52.5 Å². The average molecular weight is 377 g/mol. The van der Waals surface area contributed by atoms with Gasteiger partial charge in [-0.25, -0.2) is 0 Å². The van der Waals surface area contributed by atoms with Gasteiger partial charge in [-0.3, -0.25) is 9.59 Å². The number of halogens is 1. The van der Waals surface area contributed by atoms with Crippen molar-refractivity contribution in [1.29, 1.82) is 0 Å². The van der Waals surface area contributed by atoms with Gasteiger partial charge in [0.2, 0.25) is 11.8 Å². The second-order valence-electron chi connectivity index (χ2n) is 5.68. The summed E-state index contributed by atoms with van der Waals surface area (Å²) < 4.78 is 10.3. The second kappa shape index (κ2) is 9.10. The number of amides is 2. The molecule has 0 aliphatic rings. The maximum Gasteiger partial charge on any atom is 0.233 e. The van der Waals surface area contributed by atoms with E-state index in [2.05, 4.69) is 10.6 Å². The molecule has 0 bridgehead atoms. The highest BCUT2D eigenvalue weighted by atomic mass is 35.5. The molecule has 26 heavy (non-hydrogen) atoms. The van der Waals surface area contributed by atoms with E-state index in [1.165, 1.54) is 20.3 Å². The lowest BCUT2D eigenvalue weighted by Crippen LogP contribution is -2.27. The van der Waals surface area contributed by atoms with Crippen LogP contribution in [0.3, 0.4) is 0 Å². The van der Waals surface area contributed by atoms with E-state index in [0.717, 1.165) is 11.1 Å². The molecule has 2 N–H and O–H groups in total. The molecule has 0 heterocycles. The number of hydrogen-bond donors (Lipinski definition) is 2. The second-order valence-corrected chi connectivity index (χ2v) is 6.08. The Morgan fingerprint density at radius 3 is 2.42 bits per heavy atom. The summed E-state index contributed by atoms with van der Waals surface area (Å²) in [5, 5.41) is 5.72. The largest absolute Gasteiger partial charge is 0.495 e. The molecular formula is C19H21ClN2O4. The smallest absolute Gasteiger partial charge is 0.233 e. The lowest BCUT2D eigenvalue weighted by Gasteiger charge is -2.13. The highest BCUT2D eigenvalue weighted by molar-refractivity contribution is 6.32. The highest BCUT2D eigenvalue weighted by Crippen LogP contribution is 2.35. The van der Waals surface area contributed by atoms with Crippen molar-refractivity contribution in [2.45, 2.75) is 19.9 Å². The van der Waals surface area contributed by atoms with Gasteiger partial charge in [0.1, 0.15) is 17.9 Å². The third-order valence-corrected chi connectivity index (χ3v) is 3.94. The van der Waals surface area contributed by atoms with Crippen LogP contribution < -0.4 is 20.1 Å². The molecule has 0 aliphatic heterocycles. The molecule has 7 heteroatoms. The van der Waals surface area contributed by atoms with Gasteiger partial charge in [0.15, 0.2) is 0 Å². The standard InChI is InChI=1S/C19H21ClN2O4/c1-12-5-4-6-13(7-12)11-21-18(23)10-19(24)22-15-9-16(25-2)14(20)8-17(15)26-3/h4-9H,10-11H2,1-3H3,(H,21,23)(H,22,24). The first-order chi connectivity index (χ1) is 12.4. The van der Waals surface area contributed by atoms with Crippen molar-refractivity contribution in [3.8, 4) is 11.5 Å². The Morgan fingerprint density at radius 2 is 1.77 bits per heavy atom. The zero-order chi connectivity index (χ0) is 19.1. The Balaban J connectivity index is 1.94. The Kier molecular flexibility index (Phi) is 6.86. The summed E-state index contributed by atoms with van der Waals surface area (Å²) in [4.78, 5) is 24.1. The van der Waals surface area contributed by atoms with Crippen LogP contribution in [-0.2, 0) is 16.1 Å². The summed E-state index contributed by atoms with van der Waals surface area (Å²) in [6.07, 6.45) is -0.306. The van der Waals surface area contributed by atoms with Gasteiger partial charge in [-0.2, -0.15) is 0 Å². The number of carbonyl (C=O) groups excluding carboxylic acids is 2. The lowest BCUT2D eigenvalue weighted by atomic mass is 10.1. The first-order valence-electron chi connectivity index (χ1n) is 7.96. The Hall–Kier alpha value is -2.73. The first-order valence-corrected chi connectivity index (χ1v) is 8.34. The number of carbonyl (C=O) groups is 2. The maximum atomic E-state index is 12.1. The van der Waals surface area contributed by atoms with Crippen LogP contribution in [0.4, 0.5) is 5.69 Å². The van der Waals surface area contributed by atoms with Crippen LogP contribution in [-0.4, -0.2) is 26.0 Å². The van der Waals surface area contributed by atoms with Crippen LogP contribution in [0.2, 0.25) is 5.02 Å². The quantitative estimate of drug-likeness (QED) is 0.727. The van der Waals surface area contributed by atoms with Gasteiger partial charge in [-0.15, -0.1) is 0 Å². The van der Waals surface area contributed by atoms with Crippen LogP contribution in [0.25, 0.3) is 0 Å². The molecule has 0 fully saturated rings. The molecule has 2 amide bonds. The first kappa shape index (κ1) is 19.6. The predicted molar refractivity (Wildman–Crippen MR) is 101 cm³/mol. The minimum Gasteiger partial charge on any atom is -0.495 e. The summed E-state index contributed by atoms with van der Waals surface area (Å²) in [7, 11) is 2.93. The Labute approximate surface area is 157 Å². The van der Waals surface area contributed by atoms with E-state index < -0.39 is 5.91 Å². The van der Waals surface area contributed by atoms with Crippen LogP contribution in [0.15, 0.2) is 36.4 Å². The van der Waals surface area contributed by atoms with Crippen molar-refractivity contribution in [3.63, 3.8) is 0 Å². The lowest BCUT2D eigenvalue weighted by molar-refractivity contribution is -0.126. The van der Waals surface area contributed by atoms with E-state index in [0.29, 0.717) is 28.8 Å². The fraction of sp³-hybridized carbons (Fsp3) is 0.263. The molecule has 0 radical (unpaired) electrons. The van der Waals surface area contributed by atoms with Crippen LogP contribution in [0, 0.1) is 6.92 Å². The van der Waals surface area contributed by atoms with E-state index in [-0.39, 0.29) is 12.3 Å². The highest BCUT2D eigenvalue weighted by Gasteiger charge is 2.15. The predicted octanol–water partition coefficient (Wildman–Crippen LogP) is 3.31. The zero-order valence-electron chi connectivity index (χ0n) is 14.9. The van der Waals surface area contributed by atoms with Gasteiger partial charge < -0.3 is 20.1 Å². The van der Waals surface area contributed by atoms with Crippen molar-refractivity contribution < 1.29 is 19.1 Å². The van der Waals surface area contributed by atoms with E-state index in [9.17, 15) is 9.59 Å². The molecule has 0 atom stereocenters. The number of ether oxygens (including phenoxy) is 2. The molecule has 6 nitrogen and oxygen atoms in total. The van der Waals surface area contributed by atoms with E-state index in [1.54, 1.807) is 6.07 Å². The molecule has 0 aliphatic carbocycles. The fourth-order valence-corrected chi connectivity index (χ4v) is 2.61. The summed E-state index contributed by atoms with van der Waals surface area (Å²) >= 11 is 6.03. The number of rotatable bonds is 7. The molecule has 2 aromatic rings. The van der Waals surface area contributed by atoms with Crippen molar-refractivity contribution in [2.24, 2.45) is 0 Å². The summed E-state index contributed by atoms with van der Waals surface area (Å²) in [6.45, 7) is 2.35. The fourth-order valence-electron chi connectivity index (χ4n) is 2.38. The molecule has 0 saturated carbocycles. The van der Waals surface area contributed by atoms with Gasteiger partial charge in [0, 0.05) is 18.7 Å². The van der Waals surface area contributed by atoms with Crippen LogP contribution in [0.5, 0.6) is 11.5 Å². The van der Waals surface area contributed by atoms with E-state index in [4.69, 9.17) is 21.1 Å². The summed E-state index contributed by atoms with van der Waals surface area (Å²) in [6, 6.07) is 10.9. The SMILES string of the molecule is COc1cc(NC(=O)CC(=O)NCc2cccc(C)c2)c(OC)cc1Cl. The monoisotopic (exact) mass is 376 g/mol. The molecular weight excluding hydrogens is 356 g/mol. The minimum absolute atomic E-state index is 0.306. The molecule has 2 aromatic carbocycles. The Morgan fingerprint density at radius 1 is 1.04 bits per heavy atom. The topological polar surface area (TPSA) is 76.7 Å². The van der Waals surface area contributed by atoms with Gasteiger partial charge in [0.05, 0.1) is 24.9 Å².